The lowest BCUT2D eigenvalue weighted by atomic mass is 10.0. The van der Waals surface area contributed by atoms with Crippen molar-refractivity contribution in [2.45, 2.75) is 31.2 Å². The average Bonchev–Trinajstić information content (AvgIpc) is 3.30. The highest BCUT2D eigenvalue weighted by molar-refractivity contribution is 6.30. The second-order valence-electron chi connectivity index (χ2n) is 9.07. The van der Waals surface area contributed by atoms with Crippen molar-refractivity contribution in [2.75, 3.05) is 19.8 Å². The predicted molar refractivity (Wildman–Crippen MR) is 146 cm³/mol. The number of hydrogen-bond donors (Lipinski definition) is 5. The first-order chi connectivity index (χ1) is 17.8. The van der Waals surface area contributed by atoms with E-state index in [0.717, 1.165) is 34.6 Å². The van der Waals surface area contributed by atoms with Crippen LogP contribution in [0.3, 0.4) is 0 Å². The van der Waals surface area contributed by atoms with Crippen molar-refractivity contribution in [3.05, 3.63) is 101 Å². The van der Waals surface area contributed by atoms with Crippen LogP contribution in [0.2, 0.25) is 5.02 Å². The van der Waals surface area contributed by atoms with Gasteiger partial charge in [0.15, 0.2) is 0 Å². The lowest BCUT2D eigenvalue weighted by Gasteiger charge is -2.20. The third kappa shape index (κ3) is 7.89. The molecule has 0 bridgehead atoms. The first-order valence-electron chi connectivity index (χ1n) is 12.0. The maximum absolute atomic E-state index is 11.0. The Bertz CT molecular complexity index is 1280. The van der Waals surface area contributed by atoms with E-state index in [2.05, 4.69) is 47.2 Å². The molecular weight excluding hydrogens is 492 g/mol. The first-order valence-corrected chi connectivity index (χ1v) is 12.4. The number of benzene rings is 3. The third-order valence-corrected chi connectivity index (χ3v) is 6.41. The number of aryl methyl sites for hydroxylation is 3. The van der Waals surface area contributed by atoms with Crippen molar-refractivity contribution in [1.82, 2.24) is 4.57 Å². The number of carboxylic acid groups (broad SMARTS) is 1. The van der Waals surface area contributed by atoms with E-state index >= 15 is 0 Å². The van der Waals surface area contributed by atoms with E-state index in [1.807, 2.05) is 36.4 Å². The number of nitrogens with two attached hydrogens (primary N) is 1. The van der Waals surface area contributed by atoms with Crippen molar-refractivity contribution in [3.8, 4) is 5.69 Å². The van der Waals surface area contributed by atoms with Gasteiger partial charge in [-0.3, -0.25) is 4.79 Å². The Hall–Kier alpha value is -3.20. The number of rotatable bonds is 10. The van der Waals surface area contributed by atoms with E-state index in [4.69, 9.17) is 37.8 Å². The normalized spacial score (nSPS) is 11.3. The van der Waals surface area contributed by atoms with E-state index < -0.39 is 31.3 Å². The lowest BCUT2D eigenvalue weighted by molar-refractivity contribution is -0.136. The van der Waals surface area contributed by atoms with Crippen LogP contribution >= 0.6 is 11.6 Å². The molecule has 0 aliphatic heterocycles. The van der Waals surface area contributed by atoms with Gasteiger partial charge in [0.05, 0.1) is 30.9 Å². The molecule has 0 saturated heterocycles. The molecule has 0 spiro atoms. The number of fused-ring (bicyclic) bond motifs is 1. The molecular formula is C29H33ClN2O5. The Labute approximate surface area is 221 Å². The topological polar surface area (TPSA) is 129 Å². The van der Waals surface area contributed by atoms with Crippen molar-refractivity contribution in [1.29, 1.82) is 0 Å². The molecule has 0 fully saturated rings. The summed E-state index contributed by atoms with van der Waals surface area (Å²) in [6.07, 6.45) is 4.71. The second kappa shape index (κ2) is 13.4. The van der Waals surface area contributed by atoms with Gasteiger partial charge in [-0.25, -0.2) is 0 Å². The van der Waals surface area contributed by atoms with Gasteiger partial charge in [-0.2, -0.15) is 0 Å². The molecule has 37 heavy (non-hydrogen) atoms. The maximum Gasteiger partial charge on any atom is 0.303 e. The molecule has 0 unspecified atom stereocenters. The molecule has 6 N–H and O–H groups in total. The Morgan fingerprint density at radius 1 is 0.838 bits per heavy atom. The fourth-order valence-electron chi connectivity index (χ4n) is 3.83. The van der Waals surface area contributed by atoms with E-state index in [0.29, 0.717) is 6.42 Å². The average molecular weight is 525 g/mol. The van der Waals surface area contributed by atoms with Crippen LogP contribution < -0.4 is 5.73 Å². The zero-order valence-electron chi connectivity index (χ0n) is 20.6. The highest BCUT2D eigenvalue weighted by Crippen LogP contribution is 2.28. The number of nitrogens with zero attached hydrogens (tertiary/aromatic N) is 1. The zero-order valence-corrected chi connectivity index (χ0v) is 21.3. The molecule has 196 valence electrons. The van der Waals surface area contributed by atoms with Gasteiger partial charge in [0.1, 0.15) is 0 Å². The molecule has 0 atom stereocenters. The summed E-state index contributed by atoms with van der Waals surface area (Å²) in [4.78, 5) is 11.0. The molecule has 0 saturated carbocycles. The summed E-state index contributed by atoms with van der Waals surface area (Å²) in [6.45, 7) is -1.21. The van der Waals surface area contributed by atoms with Crippen LogP contribution in [-0.4, -0.2) is 56.3 Å². The molecule has 4 aromatic rings. The molecule has 0 radical (unpaired) electrons. The number of halogens is 1. The molecule has 1 heterocycles. The number of aliphatic hydroxyl groups is 3. The number of aliphatic carboxylic acids is 1. The Kier molecular flexibility index (Phi) is 10.3. The summed E-state index contributed by atoms with van der Waals surface area (Å²) in [5, 5.41) is 36.0. The van der Waals surface area contributed by atoms with Gasteiger partial charge in [0.25, 0.3) is 0 Å². The van der Waals surface area contributed by atoms with Gasteiger partial charge in [-0.1, -0.05) is 48.0 Å². The van der Waals surface area contributed by atoms with Gasteiger partial charge in [-0.05, 0) is 72.4 Å². The summed E-state index contributed by atoms with van der Waals surface area (Å²) in [5.41, 5.74) is 9.76. The maximum atomic E-state index is 11.0. The lowest BCUT2D eigenvalue weighted by Crippen LogP contribution is -2.50. The summed E-state index contributed by atoms with van der Waals surface area (Å²) in [5.74, 6) is -0.769. The number of carbonyl (C=O) groups is 1. The first kappa shape index (κ1) is 28.4. The monoisotopic (exact) mass is 524 g/mol. The molecule has 0 aliphatic rings. The molecule has 8 heteroatoms. The third-order valence-electron chi connectivity index (χ3n) is 6.15. The van der Waals surface area contributed by atoms with Gasteiger partial charge in [-0.15, -0.1) is 0 Å². The number of carboxylic acids is 1. The Morgan fingerprint density at radius 2 is 1.46 bits per heavy atom. The molecule has 3 aromatic carbocycles. The van der Waals surface area contributed by atoms with Crippen LogP contribution in [-0.2, 0) is 24.1 Å². The fraction of sp³-hybridized carbons (Fsp3) is 0.276. The standard InChI is InChI=1S/C25H22ClNO2.C4H11NO3/c26-21-12-7-18(8-13-21)6-11-20-17-27(22-4-2-1-3-5-22)24-14-9-19(16-23(20)24)10-15-25(28)29;5-4(1-6,2-7)3-8/h1-5,7-9,12-14,16-17H,6,10-11,15H2,(H,28,29);6-8H,1-3,5H2. The summed E-state index contributed by atoms with van der Waals surface area (Å²) in [7, 11) is 0. The van der Waals surface area contributed by atoms with Crippen molar-refractivity contribution in [3.63, 3.8) is 0 Å². The van der Waals surface area contributed by atoms with E-state index in [9.17, 15) is 4.79 Å². The molecule has 0 aliphatic carbocycles. The van der Waals surface area contributed by atoms with Crippen LogP contribution in [0, 0.1) is 0 Å². The number of para-hydroxylation sites is 1. The highest BCUT2D eigenvalue weighted by atomic mass is 35.5. The SMILES string of the molecule is NC(CO)(CO)CO.O=C(O)CCc1ccc2c(c1)c(CCc1ccc(Cl)cc1)cn2-c1ccccc1. The number of hydrogen-bond acceptors (Lipinski definition) is 5. The largest absolute Gasteiger partial charge is 0.481 e. The van der Waals surface area contributed by atoms with Gasteiger partial charge < -0.3 is 30.7 Å². The van der Waals surface area contributed by atoms with Gasteiger partial charge >= 0.3 is 5.97 Å². The van der Waals surface area contributed by atoms with Gasteiger partial charge in [0, 0.05) is 28.7 Å². The predicted octanol–water partition coefficient (Wildman–Crippen LogP) is 3.75. The van der Waals surface area contributed by atoms with Crippen LogP contribution in [0.15, 0.2) is 79.0 Å². The van der Waals surface area contributed by atoms with Crippen molar-refractivity contribution < 1.29 is 25.2 Å². The molecule has 7 nitrogen and oxygen atoms in total. The smallest absolute Gasteiger partial charge is 0.303 e. The molecule has 4 rings (SSSR count). The van der Waals surface area contributed by atoms with Crippen molar-refractivity contribution in [2.24, 2.45) is 5.73 Å². The molecule has 0 amide bonds. The van der Waals surface area contributed by atoms with Crippen LogP contribution in [0.1, 0.15) is 23.1 Å². The van der Waals surface area contributed by atoms with Crippen LogP contribution in [0.4, 0.5) is 0 Å². The quantitative estimate of drug-likeness (QED) is 0.215. The van der Waals surface area contributed by atoms with E-state index in [1.54, 1.807) is 0 Å². The minimum Gasteiger partial charge on any atom is -0.481 e. The van der Waals surface area contributed by atoms with Crippen LogP contribution in [0.5, 0.6) is 0 Å². The molecule has 1 aromatic heterocycles. The summed E-state index contributed by atoms with van der Waals surface area (Å²) in [6, 6.07) is 24.6. The fourth-order valence-corrected chi connectivity index (χ4v) is 3.96. The summed E-state index contributed by atoms with van der Waals surface area (Å²) >= 11 is 6.00. The van der Waals surface area contributed by atoms with Crippen LogP contribution in [0.25, 0.3) is 16.6 Å². The minimum atomic E-state index is -1.21. The minimum absolute atomic E-state index is 0.144. The van der Waals surface area contributed by atoms with Crippen molar-refractivity contribution >= 4 is 28.5 Å². The second-order valence-corrected chi connectivity index (χ2v) is 9.50. The Balaban J connectivity index is 0.000000414. The van der Waals surface area contributed by atoms with E-state index in [1.165, 1.54) is 16.5 Å². The van der Waals surface area contributed by atoms with E-state index in [-0.39, 0.29) is 6.42 Å². The summed E-state index contributed by atoms with van der Waals surface area (Å²) < 4.78 is 2.22. The zero-order chi connectivity index (χ0) is 26.8. The van der Waals surface area contributed by atoms with Gasteiger partial charge in [0.2, 0.25) is 0 Å². The number of aliphatic hydroxyl groups excluding tert-OH is 3. The number of aromatic nitrogens is 1. The highest BCUT2D eigenvalue weighted by Gasteiger charge is 2.20. The Morgan fingerprint density at radius 3 is 2.03 bits per heavy atom.